The number of carbonyl (C=O) groups is 1. The van der Waals surface area contributed by atoms with Crippen LogP contribution in [0.2, 0.25) is 0 Å². The van der Waals surface area contributed by atoms with E-state index in [-0.39, 0.29) is 11.7 Å². The first-order chi connectivity index (χ1) is 11.3. The fraction of sp³-hybridized carbons (Fsp3) is 0.0952. The highest BCUT2D eigenvalue weighted by molar-refractivity contribution is 6.04. The molecule has 1 atom stereocenters. The number of benzene rings is 3. The van der Waals surface area contributed by atoms with Gasteiger partial charge in [0.25, 0.3) is 0 Å². The summed E-state index contributed by atoms with van der Waals surface area (Å²) in [5.74, 6) is 1.67. The van der Waals surface area contributed by atoms with Gasteiger partial charge >= 0.3 is 0 Å². The normalized spacial score (nSPS) is 16.2. The quantitative estimate of drug-likeness (QED) is 0.664. The van der Waals surface area contributed by atoms with Gasteiger partial charge in [-0.1, -0.05) is 60.7 Å². The molecule has 0 saturated heterocycles. The molecule has 0 amide bonds. The van der Waals surface area contributed by atoms with Crippen LogP contribution in [0.25, 0.3) is 0 Å². The molecule has 0 spiro atoms. The summed E-state index contributed by atoms with van der Waals surface area (Å²) >= 11 is 0. The van der Waals surface area contributed by atoms with Gasteiger partial charge in [0.05, 0.1) is 5.56 Å². The molecule has 3 aromatic rings. The highest BCUT2D eigenvalue weighted by Crippen LogP contribution is 2.42. The molecule has 0 aromatic heterocycles. The Morgan fingerprint density at radius 1 is 0.783 bits per heavy atom. The monoisotopic (exact) mass is 300 g/mol. The fourth-order valence-electron chi connectivity index (χ4n) is 3.22. The second-order valence-electron chi connectivity index (χ2n) is 5.73. The van der Waals surface area contributed by atoms with Crippen LogP contribution in [-0.2, 0) is 0 Å². The maximum atomic E-state index is 12.6. The number of Topliss-reactive ketones (excluding diaryl/α,β-unsaturated/α-hetero) is 1. The number of ketones is 1. The van der Waals surface area contributed by atoms with E-state index in [1.807, 2.05) is 66.7 Å². The molecular formula is C21H16O2. The summed E-state index contributed by atoms with van der Waals surface area (Å²) < 4.78 is 5.95. The molecule has 0 heterocycles. The first kappa shape index (κ1) is 13.8. The first-order valence-corrected chi connectivity index (χ1v) is 7.77. The number of ether oxygens (including phenoxy) is 1. The van der Waals surface area contributed by atoms with E-state index in [9.17, 15) is 4.79 Å². The molecule has 0 fully saturated rings. The Bertz CT molecular complexity index is 838. The van der Waals surface area contributed by atoms with Crippen LogP contribution in [0.5, 0.6) is 11.5 Å². The van der Waals surface area contributed by atoms with Crippen molar-refractivity contribution in [3.63, 3.8) is 0 Å². The molecule has 3 aromatic carbocycles. The standard InChI is InChI=1S/C21H16O2/c22-19-14-18(15-8-3-1-4-9-15)17-12-7-13-20(21(17)19)23-16-10-5-2-6-11-16/h1-13,18H,14H2. The average Bonchev–Trinajstić information content (AvgIpc) is 2.95. The Morgan fingerprint density at radius 3 is 2.22 bits per heavy atom. The van der Waals surface area contributed by atoms with Crippen LogP contribution in [0.15, 0.2) is 78.9 Å². The Hall–Kier alpha value is -2.87. The van der Waals surface area contributed by atoms with Gasteiger partial charge in [-0.2, -0.15) is 0 Å². The lowest BCUT2D eigenvalue weighted by Crippen LogP contribution is -1.96. The summed E-state index contributed by atoms with van der Waals surface area (Å²) in [7, 11) is 0. The molecule has 0 bridgehead atoms. The highest BCUT2D eigenvalue weighted by atomic mass is 16.5. The van der Waals surface area contributed by atoms with Crippen LogP contribution in [0.3, 0.4) is 0 Å². The molecule has 0 N–H and O–H groups in total. The second-order valence-corrected chi connectivity index (χ2v) is 5.73. The fourth-order valence-corrected chi connectivity index (χ4v) is 3.22. The minimum Gasteiger partial charge on any atom is -0.457 e. The Labute approximate surface area is 135 Å². The smallest absolute Gasteiger partial charge is 0.167 e. The van der Waals surface area contributed by atoms with E-state index in [1.165, 1.54) is 5.56 Å². The van der Waals surface area contributed by atoms with E-state index in [1.54, 1.807) is 0 Å². The van der Waals surface area contributed by atoms with Gasteiger partial charge in [-0.3, -0.25) is 4.79 Å². The average molecular weight is 300 g/mol. The van der Waals surface area contributed by atoms with Crippen molar-refractivity contribution in [1.29, 1.82) is 0 Å². The van der Waals surface area contributed by atoms with Crippen LogP contribution >= 0.6 is 0 Å². The molecule has 0 aliphatic heterocycles. The van der Waals surface area contributed by atoms with Crippen molar-refractivity contribution in [2.75, 3.05) is 0 Å². The van der Waals surface area contributed by atoms with E-state index in [4.69, 9.17) is 4.74 Å². The van der Waals surface area contributed by atoms with Gasteiger partial charge in [-0.25, -0.2) is 0 Å². The van der Waals surface area contributed by atoms with Crippen molar-refractivity contribution in [2.45, 2.75) is 12.3 Å². The zero-order chi connectivity index (χ0) is 15.6. The predicted octanol–water partition coefficient (Wildman–Crippen LogP) is 5.20. The van der Waals surface area contributed by atoms with Gasteiger partial charge in [0, 0.05) is 12.3 Å². The summed E-state index contributed by atoms with van der Waals surface area (Å²) in [4.78, 5) is 12.6. The van der Waals surface area contributed by atoms with Crippen LogP contribution in [-0.4, -0.2) is 5.78 Å². The van der Waals surface area contributed by atoms with Crippen LogP contribution in [0.4, 0.5) is 0 Å². The molecule has 23 heavy (non-hydrogen) atoms. The lowest BCUT2D eigenvalue weighted by molar-refractivity contribution is 0.0989. The van der Waals surface area contributed by atoms with Crippen molar-refractivity contribution in [2.24, 2.45) is 0 Å². The Kier molecular flexibility index (Phi) is 3.43. The van der Waals surface area contributed by atoms with E-state index in [2.05, 4.69) is 12.1 Å². The Morgan fingerprint density at radius 2 is 1.48 bits per heavy atom. The lowest BCUT2D eigenvalue weighted by Gasteiger charge is -2.13. The number of hydrogen-bond donors (Lipinski definition) is 0. The third-order valence-electron chi connectivity index (χ3n) is 4.28. The van der Waals surface area contributed by atoms with Crippen molar-refractivity contribution in [3.05, 3.63) is 95.6 Å². The molecule has 2 nitrogen and oxygen atoms in total. The zero-order valence-corrected chi connectivity index (χ0v) is 12.6. The minimum atomic E-state index is 0.123. The maximum absolute atomic E-state index is 12.6. The van der Waals surface area contributed by atoms with E-state index >= 15 is 0 Å². The highest BCUT2D eigenvalue weighted by Gasteiger charge is 2.33. The van der Waals surface area contributed by atoms with E-state index < -0.39 is 0 Å². The zero-order valence-electron chi connectivity index (χ0n) is 12.6. The SMILES string of the molecule is O=C1CC(c2ccccc2)c2cccc(Oc3ccccc3)c21. The molecule has 112 valence electrons. The van der Waals surface area contributed by atoms with Crippen molar-refractivity contribution < 1.29 is 9.53 Å². The summed E-state index contributed by atoms with van der Waals surface area (Å²) in [5.41, 5.74) is 2.97. The van der Waals surface area contributed by atoms with Crippen LogP contribution in [0.1, 0.15) is 33.8 Å². The van der Waals surface area contributed by atoms with Crippen LogP contribution in [0, 0.1) is 0 Å². The topological polar surface area (TPSA) is 26.3 Å². The van der Waals surface area contributed by atoms with Crippen LogP contribution < -0.4 is 4.74 Å². The van der Waals surface area contributed by atoms with Crippen molar-refractivity contribution in [1.82, 2.24) is 0 Å². The predicted molar refractivity (Wildman–Crippen MR) is 90.2 cm³/mol. The second kappa shape index (κ2) is 5.73. The molecule has 2 heteroatoms. The van der Waals surface area contributed by atoms with Crippen molar-refractivity contribution >= 4 is 5.78 Å². The van der Waals surface area contributed by atoms with Gasteiger partial charge in [0.2, 0.25) is 0 Å². The summed E-state index contributed by atoms with van der Waals surface area (Å²) in [6, 6.07) is 25.6. The minimum absolute atomic E-state index is 0.123. The number of fused-ring (bicyclic) bond motifs is 1. The molecule has 1 unspecified atom stereocenters. The third-order valence-corrected chi connectivity index (χ3v) is 4.28. The van der Waals surface area contributed by atoms with Gasteiger partial charge in [0.1, 0.15) is 11.5 Å². The van der Waals surface area contributed by atoms with Gasteiger partial charge in [-0.15, -0.1) is 0 Å². The maximum Gasteiger partial charge on any atom is 0.167 e. The Balaban J connectivity index is 1.75. The molecule has 1 aliphatic rings. The number of rotatable bonds is 3. The molecular weight excluding hydrogens is 284 g/mol. The molecule has 1 aliphatic carbocycles. The number of hydrogen-bond acceptors (Lipinski definition) is 2. The number of para-hydroxylation sites is 1. The first-order valence-electron chi connectivity index (χ1n) is 7.77. The largest absolute Gasteiger partial charge is 0.457 e. The summed E-state index contributed by atoms with van der Waals surface area (Å²) in [5, 5.41) is 0. The van der Waals surface area contributed by atoms with Gasteiger partial charge in [0.15, 0.2) is 5.78 Å². The molecule has 0 saturated carbocycles. The van der Waals surface area contributed by atoms with E-state index in [0.717, 1.165) is 16.9 Å². The summed E-state index contributed by atoms with van der Waals surface area (Å²) in [6.45, 7) is 0. The van der Waals surface area contributed by atoms with E-state index in [0.29, 0.717) is 12.2 Å². The molecule has 0 radical (unpaired) electrons. The van der Waals surface area contributed by atoms with Crippen molar-refractivity contribution in [3.8, 4) is 11.5 Å². The molecule has 4 rings (SSSR count). The lowest BCUT2D eigenvalue weighted by atomic mass is 9.93. The van der Waals surface area contributed by atoms with Gasteiger partial charge in [-0.05, 0) is 29.3 Å². The third kappa shape index (κ3) is 2.53. The number of carbonyl (C=O) groups excluding carboxylic acids is 1. The van der Waals surface area contributed by atoms with Gasteiger partial charge < -0.3 is 4.74 Å². The summed E-state index contributed by atoms with van der Waals surface area (Å²) in [6.07, 6.45) is 0.508.